The Balaban J connectivity index is 1.54. The molecule has 0 radical (unpaired) electrons. The van der Waals surface area contributed by atoms with Crippen molar-refractivity contribution in [2.45, 2.75) is 32.7 Å². The summed E-state index contributed by atoms with van der Waals surface area (Å²) in [6.45, 7) is 3.63. The van der Waals surface area contributed by atoms with Crippen LogP contribution in [0.2, 0.25) is 0 Å². The lowest BCUT2D eigenvalue weighted by atomic mass is 9.83. The molecule has 0 saturated carbocycles. The van der Waals surface area contributed by atoms with Gasteiger partial charge in [-0.3, -0.25) is 14.2 Å². The van der Waals surface area contributed by atoms with Gasteiger partial charge in [-0.05, 0) is 72.4 Å². The van der Waals surface area contributed by atoms with Crippen molar-refractivity contribution in [3.8, 4) is 11.5 Å². The van der Waals surface area contributed by atoms with Crippen LogP contribution in [0.25, 0.3) is 11.8 Å². The number of hydrogen-bond acceptors (Lipinski definition) is 6. The molecule has 39 heavy (non-hydrogen) atoms. The predicted molar refractivity (Wildman–Crippen MR) is 156 cm³/mol. The number of nitrogens with zero attached hydrogens (tertiary/aromatic N) is 2. The lowest BCUT2D eigenvalue weighted by Gasteiger charge is -2.30. The number of aryl methyl sites for hydroxylation is 1. The van der Waals surface area contributed by atoms with Crippen LogP contribution in [0, 0.1) is 0 Å². The predicted octanol–water partition coefficient (Wildman–Crippen LogP) is 5.41. The van der Waals surface area contributed by atoms with E-state index in [9.17, 15) is 9.59 Å². The van der Waals surface area contributed by atoms with E-state index in [1.165, 1.54) is 29.4 Å². The number of ether oxygens (including phenoxy) is 2. The molecule has 1 aliphatic carbocycles. The van der Waals surface area contributed by atoms with Crippen molar-refractivity contribution in [1.29, 1.82) is 0 Å². The van der Waals surface area contributed by atoms with E-state index >= 15 is 0 Å². The minimum absolute atomic E-state index is 0.0842. The second-order valence-electron chi connectivity index (χ2n) is 9.40. The highest BCUT2D eigenvalue weighted by atomic mass is 79.9. The summed E-state index contributed by atoms with van der Waals surface area (Å²) in [5, 5.41) is 0. The lowest BCUT2D eigenvalue weighted by Crippen LogP contribution is -2.38. The first-order valence-corrected chi connectivity index (χ1v) is 14.4. The molecular formula is C31H25BrN2O4S. The lowest BCUT2D eigenvalue weighted by molar-refractivity contribution is -0.132. The molecule has 196 valence electrons. The number of aromatic nitrogens is 1. The Labute approximate surface area is 237 Å². The average Bonchev–Trinajstić information content (AvgIpc) is 3.23. The van der Waals surface area contributed by atoms with E-state index < -0.39 is 5.97 Å². The van der Waals surface area contributed by atoms with Gasteiger partial charge in [-0.25, -0.2) is 4.99 Å². The maximum absolute atomic E-state index is 14.0. The first-order chi connectivity index (χ1) is 18.9. The molecule has 6 nitrogen and oxygen atoms in total. The number of thiazole rings is 1. The Morgan fingerprint density at radius 2 is 1.90 bits per heavy atom. The summed E-state index contributed by atoms with van der Waals surface area (Å²) in [5.74, 6) is 0.383. The number of esters is 1. The zero-order valence-electron chi connectivity index (χ0n) is 21.4. The van der Waals surface area contributed by atoms with Gasteiger partial charge < -0.3 is 9.47 Å². The van der Waals surface area contributed by atoms with Gasteiger partial charge in [0.25, 0.3) is 5.56 Å². The van der Waals surface area contributed by atoms with E-state index in [0.717, 1.165) is 39.7 Å². The Bertz CT molecular complexity index is 1820. The van der Waals surface area contributed by atoms with Crippen LogP contribution in [0.3, 0.4) is 0 Å². The fraction of sp³-hybridized carbons (Fsp3) is 0.194. The van der Waals surface area contributed by atoms with Crippen molar-refractivity contribution >= 4 is 45.0 Å². The monoisotopic (exact) mass is 600 g/mol. The highest BCUT2D eigenvalue weighted by molar-refractivity contribution is 9.10. The normalized spacial score (nSPS) is 16.2. The van der Waals surface area contributed by atoms with Crippen LogP contribution in [0.5, 0.6) is 11.5 Å². The summed E-state index contributed by atoms with van der Waals surface area (Å²) in [5.41, 5.74) is 6.30. The van der Waals surface area contributed by atoms with E-state index in [-0.39, 0.29) is 11.6 Å². The van der Waals surface area contributed by atoms with Crippen LogP contribution in [-0.4, -0.2) is 17.1 Å². The van der Waals surface area contributed by atoms with Crippen LogP contribution >= 0.6 is 27.3 Å². The summed E-state index contributed by atoms with van der Waals surface area (Å²) in [4.78, 5) is 31.2. The highest BCUT2D eigenvalue weighted by Crippen LogP contribution is 2.41. The number of carbonyl (C=O) groups excluding carboxylic acids is 1. The molecule has 1 aliphatic heterocycles. The summed E-state index contributed by atoms with van der Waals surface area (Å²) in [6.07, 6.45) is 3.60. The van der Waals surface area contributed by atoms with Crippen LogP contribution in [0.15, 0.2) is 86.6 Å². The quantitative estimate of drug-likeness (QED) is 0.227. The molecule has 0 fully saturated rings. The average molecular weight is 602 g/mol. The molecule has 0 amide bonds. The molecular weight excluding hydrogens is 576 g/mol. The largest absolute Gasteiger partial charge is 0.490 e. The molecule has 8 heteroatoms. The van der Waals surface area contributed by atoms with Gasteiger partial charge in [-0.2, -0.15) is 0 Å². The van der Waals surface area contributed by atoms with E-state index in [0.29, 0.717) is 27.4 Å². The molecule has 1 aromatic heterocycles. The first-order valence-electron chi connectivity index (χ1n) is 12.8. The van der Waals surface area contributed by atoms with Crippen molar-refractivity contribution < 1.29 is 14.3 Å². The minimum atomic E-state index is -0.421. The van der Waals surface area contributed by atoms with Gasteiger partial charge in [0.2, 0.25) is 0 Å². The molecule has 6 rings (SSSR count). The minimum Gasteiger partial charge on any atom is -0.490 e. The molecule has 0 saturated heterocycles. The van der Waals surface area contributed by atoms with Crippen LogP contribution in [0.4, 0.5) is 0 Å². The Morgan fingerprint density at radius 1 is 1.10 bits per heavy atom. The van der Waals surface area contributed by atoms with Crippen LogP contribution < -0.4 is 24.4 Å². The van der Waals surface area contributed by atoms with Gasteiger partial charge >= 0.3 is 5.97 Å². The molecule has 0 bridgehead atoms. The molecule has 0 N–H and O–H groups in total. The number of fused-ring (bicyclic) bond motifs is 3. The second kappa shape index (κ2) is 10.4. The van der Waals surface area contributed by atoms with Crippen molar-refractivity contribution in [1.82, 2.24) is 4.57 Å². The van der Waals surface area contributed by atoms with Crippen molar-refractivity contribution in [2.75, 3.05) is 6.61 Å². The number of allylic oxidation sites excluding steroid dienone is 1. The summed E-state index contributed by atoms with van der Waals surface area (Å²) in [6, 6.07) is 21.6. The molecule has 1 atom stereocenters. The first kappa shape index (κ1) is 25.5. The van der Waals surface area contributed by atoms with Gasteiger partial charge in [-0.15, -0.1) is 0 Å². The number of rotatable bonds is 5. The molecule has 2 aliphatic rings. The van der Waals surface area contributed by atoms with E-state index in [4.69, 9.17) is 14.5 Å². The fourth-order valence-electron chi connectivity index (χ4n) is 5.24. The standard InChI is InChI=1S/C31H25BrN2O4S/c1-3-37-26-16-19(8-15-25(26)38-18(2)35)17-27-30(36)34-29(21-9-12-22(32)13-10-21)24-14-11-20-6-4-5-7-23(20)28(24)33-31(34)39-27/h4-10,12-13,15-17,29H,3,11,14H2,1-2H3/b27-17-/t29-/m1/s1. The Morgan fingerprint density at radius 3 is 2.67 bits per heavy atom. The summed E-state index contributed by atoms with van der Waals surface area (Å²) >= 11 is 4.92. The van der Waals surface area contributed by atoms with Gasteiger partial charge in [0.05, 0.1) is 22.9 Å². The molecule has 0 spiro atoms. The third kappa shape index (κ3) is 4.79. The zero-order chi connectivity index (χ0) is 27.1. The van der Waals surface area contributed by atoms with Crippen molar-refractivity contribution in [2.24, 2.45) is 4.99 Å². The zero-order valence-corrected chi connectivity index (χ0v) is 23.8. The van der Waals surface area contributed by atoms with Crippen LogP contribution in [-0.2, 0) is 11.2 Å². The third-order valence-electron chi connectivity index (χ3n) is 6.88. The topological polar surface area (TPSA) is 69.9 Å². The maximum Gasteiger partial charge on any atom is 0.308 e. The number of halogens is 1. The SMILES string of the molecule is CCOc1cc(/C=c2\sc3n(c2=O)[C@H](c2ccc(Br)cc2)C2=C(N=3)c3ccccc3CC2)ccc1OC(C)=O. The number of hydrogen-bond donors (Lipinski definition) is 0. The highest BCUT2D eigenvalue weighted by Gasteiger charge is 2.32. The Hall–Kier alpha value is -3.75. The third-order valence-corrected chi connectivity index (χ3v) is 8.39. The molecule has 4 aromatic rings. The van der Waals surface area contributed by atoms with E-state index in [1.807, 2.05) is 41.8 Å². The van der Waals surface area contributed by atoms with Gasteiger partial charge in [0.1, 0.15) is 0 Å². The van der Waals surface area contributed by atoms with Crippen molar-refractivity contribution in [3.05, 3.63) is 119 Å². The maximum atomic E-state index is 14.0. The van der Waals surface area contributed by atoms with Gasteiger partial charge in [0, 0.05) is 17.0 Å². The summed E-state index contributed by atoms with van der Waals surface area (Å²) < 4.78 is 14.4. The smallest absolute Gasteiger partial charge is 0.308 e. The number of carbonyl (C=O) groups is 1. The Kier molecular flexibility index (Phi) is 6.83. The van der Waals surface area contributed by atoms with E-state index in [2.05, 4.69) is 46.3 Å². The van der Waals surface area contributed by atoms with Gasteiger partial charge in [-0.1, -0.05) is 69.7 Å². The van der Waals surface area contributed by atoms with E-state index in [1.54, 1.807) is 12.1 Å². The van der Waals surface area contributed by atoms with Crippen molar-refractivity contribution in [3.63, 3.8) is 0 Å². The molecule has 2 heterocycles. The fourth-order valence-corrected chi connectivity index (χ4v) is 6.51. The summed E-state index contributed by atoms with van der Waals surface area (Å²) in [7, 11) is 0. The van der Waals surface area contributed by atoms with Gasteiger partial charge in [0.15, 0.2) is 16.3 Å². The van der Waals surface area contributed by atoms with Crippen LogP contribution in [0.1, 0.15) is 48.6 Å². The second-order valence-corrected chi connectivity index (χ2v) is 11.3. The molecule has 0 unspecified atom stereocenters. The molecule has 3 aromatic carbocycles. The number of benzene rings is 3.